The van der Waals surface area contributed by atoms with Gasteiger partial charge in [-0.2, -0.15) is 0 Å². The number of hydrogen-bond acceptors (Lipinski definition) is 6. The minimum Gasteiger partial charge on any atom is -0.466 e. The Balaban J connectivity index is 1.66. The third-order valence-electron chi connectivity index (χ3n) is 3.67. The third kappa shape index (κ3) is 5.61. The fraction of sp³-hybridized carbons (Fsp3) is 0.353. The molecule has 0 spiro atoms. The summed E-state index contributed by atoms with van der Waals surface area (Å²) >= 11 is 0. The van der Waals surface area contributed by atoms with Crippen molar-refractivity contribution in [3.05, 3.63) is 58.5 Å². The summed E-state index contributed by atoms with van der Waals surface area (Å²) in [5.41, 5.74) is -0.462. The molecule has 1 unspecified atom stereocenters. The SMILES string of the molecule is CC(O)(CNC(=O)CCCNc1ccc([N+](=O)[O-])cc1)c1ccco1. The van der Waals surface area contributed by atoms with Crippen molar-refractivity contribution >= 4 is 17.3 Å². The maximum atomic E-state index is 11.8. The Hall–Kier alpha value is -2.87. The topological polar surface area (TPSA) is 118 Å². The van der Waals surface area contributed by atoms with Crippen LogP contribution in [0.25, 0.3) is 0 Å². The number of hydrogen-bond donors (Lipinski definition) is 3. The zero-order chi connectivity index (χ0) is 18.3. The number of nitro benzene ring substituents is 1. The van der Waals surface area contributed by atoms with Gasteiger partial charge in [-0.05, 0) is 37.6 Å². The van der Waals surface area contributed by atoms with Crippen molar-refractivity contribution < 1.29 is 19.2 Å². The Bertz CT molecular complexity index is 696. The van der Waals surface area contributed by atoms with Gasteiger partial charge in [-0.25, -0.2) is 0 Å². The Kier molecular flexibility index (Phi) is 6.13. The average molecular weight is 347 g/mol. The molecule has 1 atom stereocenters. The van der Waals surface area contributed by atoms with E-state index < -0.39 is 10.5 Å². The van der Waals surface area contributed by atoms with E-state index in [-0.39, 0.29) is 18.1 Å². The number of rotatable bonds is 9. The van der Waals surface area contributed by atoms with Crippen LogP contribution in [0.15, 0.2) is 47.1 Å². The van der Waals surface area contributed by atoms with E-state index in [0.29, 0.717) is 25.1 Å². The monoisotopic (exact) mass is 347 g/mol. The first-order valence-corrected chi connectivity index (χ1v) is 7.90. The fourth-order valence-corrected chi connectivity index (χ4v) is 2.21. The van der Waals surface area contributed by atoms with Gasteiger partial charge in [0.1, 0.15) is 11.4 Å². The van der Waals surface area contributed by atoms with Crippen LogP contribution in [0.1, 0.15) is 25.5 Å². The van der Waals surface area contributed by atoms with E-state index in [1.807, 2.05) is 0 Å². The van der Waals surface area contributed by atoms with Crippen LogP contribution >= 0.6 is 0 Å². The van der Waals surface area contributed by atoms with Crippen LogP contribution in [-0.2, 0) is 10.4 Å². The molecule has 3 N–H and O–H groups in total. The summed E-state index contributed by atoms with van der Waals surface area (Å²) in [7, 11) is 0. The predicted molar refractivity (Wildman–Crippen MR) is 92.1 cm³/mol. The number of aliphatic hydroxyl groups is 1. The number of nitrogens with one attached hydrogen (secondary N) is 2. The van der Waals surface area contributed by atoms with Gasteiger partial charge in [0.05, 0.1) is 17.7 Å². The standard InChI is InChI=1S/C17H21N3O5/c1-17(22,15-4-3-11-25-15)12-19-16(21)5-2-10-18-13-6-8-14(9-7-13)20(23)24/h3-4,6-9,11,18,22H,2,5,10,12H2,1H3,(H,19,21). The first-order valence-electron chi connectivity index (χ1n) is 7.90. The van der Waals surface area contributed by atoms with Gasteiger partial charge in [-0.15, -0.1) is 0 Å². The highest BCUT2D eigenvalue weighted by Gasteiger charge is 2.26. The van der Waals surface area contributed by atoms with Crippen LogP contribution in [0.3, 0.4) is 0 Å². The number of nitro groups is 1. The summed E-state index contributed by atoms with van der Waals surface area (Å²) in [6, 6.07) is 9.42. The maximum absolute atomic E-state index is 11.8. The van der Waals surface area contributed by atoms with Crippen LogP contribution in [0, 0.1) is 10.1 Å². The number of anilines is 1. The Morgan fingerprint density at radius 2 is 2.04 bits per heavy atom. The summed E-state index contributed by atoms with van der Waals surface area (Å²) in [5, 5.41) is 26.6. The number of carbonyl (C=O) groups is 1. The van der Waals surface area contributed by atoms with Crippen LogP contribution in [0.4, 0.5) is 11.4 Å². The number of nitrogens with zero attached hydrogens (tertiary/aromatic N) is 1. The molecular weight excluding hydrogens is 326 g/mol. The molecule has 1 heterocycles. The molecule has 0 aliphatic rings. The molecule has 1 aromatic heterocycles. The molecule has 8 heteroatoms. The fourth-order valence-electron chi connectivity index (χ4n) is 2.21. The molecule has 0 aliphatic carbocycles. The second kappa shape index (κ2) is 8.29. The second-order valence-corrected chi connectivity index (χ2v) is 5.86. The van der Waals surface area contributed by atoms with Crippen molar-refractivity contribution in [2.45, 2.75) is 25.4 Å². The summed E-state index contributed by atoms with van der Waals surface area (Å²) in [6.07, 6.45) is 2.36. The van der Waals surface area contributed by atoms with Gasteiger partial charge >= 0.3 is 0 Å². The minimum absolute atomic E-state index is 0.0357. The lowest BCUT2D eigenvalue weighted by Crippen LogP contribution is -2.38. The van der Waals surface area contributed by atoms with E-state index >= 15 is 0 Å². The van der Waals surface area contributed by atoms with Gasteiger partial charge in [-0.3, -0.25) is 14.9 Å². The van der Waals surface area contributed by atoms with Crippen molar-refractivity contribution in [3.8, 4) is 0 Å². The van der Waals surface area contributed by atoms with Crippen LogP contribution in [0.5, 0.6) is 0 Å². The number of carbonyl (C=O) groups excluding carboxylic acids is 1. The molecule has 2 aromatic rings. The quantitative estimate of drug-likeness (QED) is 0.364. The Morgan fingerprint density at radius 3 is 2.64 bits per heavy atom. The van der Waals surface area contributed by atoms with Gasteiger partial charge in [0.15, 0.2) is 0 Å². The zero-order valence-electron chi connectivity index (χ0n) is 13.9. The molecular formula is C17H21N3O5. The normalized spacial score (nSPS) is 13.0. The van der Waals surface area contributed by atoms with E-state index in [1.54, 1.807) is 31.2 Å². The molecule has 134 valence electrons. The highest BCUT2D eigenvalue weighted by molar-refractivity contribution is 5.76. The first-order chi connectivity index (χ1) is 11.9. The maximum Gasteiger partial charge on any atom is 0.269 e. The molecule has 0 fully saturated rings. The van der Waals surface area contributed by atoms with E-state index in [4.69, 9.17) is 4.42 Å². The van der Waals surface area contributed by atoms with Crippen LogP contribution < -0.4 is 10.6 Å². The van der Waals surface area contributed by atoms with Gasteiger partial charge in [-0.1, -0.05) is 0 Å². The van der Waals surface area contributed by atoms with E-state index in [9.17, 15) is 20.0 Å². The number of amides is 1. The molecule has 0 radical (unpaired) electrons. The van der Waals surface area contributed by atoms with E-state index in [0.717, 1.165) is 5.69 Å². The minimum atomic E-state index is -1.25. The lowest BCUT2D eigenvalue weighted by atomic mass is 10.0. The lowest BCUT2D eigenvalue weighted by Gasteiger charge is -2.21. The van der Waals surface area contributed by atoms with Gasteiger partial charge in [0.2, 0.25) is 5.91 Å². The van der Waals surface area contributed by atoms with Crippen LogP contribution in [0.2, 0.25) is 0 Å². The Morgan fingerprint density at radius 1 is 1.32 bits per heavy atom. The summed E-state index contributed by atoms with van der Waals surface area (Å²) in [5.74, 6) is 0.227. The zero-order valence-corrected chi connectivity index (χ0v) is 13.9. The van der Waals surface area contributed by atoms with Gasteiger partial charge < -0.3 is 20.2 Å². The molecule has 2 rings (SSSR count). The molecule has 8 nitrogen and oxygen atoms in total. The molecule has 0 saturated heterocycles. The van der Waals surface area contributed by atoms with Crippen molar-refractivity contribution in [2.24, 2.45) is 0 Å². The largest absolute Gasteiger partial charge is 0.466 e. The lowest BCUT2D eigenvalue weighted by molar-refractivity contribution is -0.384. The average Bonchev–Trinajstić information content (AvgIpc) is 3.13. The molecule has 0 saturated carbocycles. The number of furan rings is 1. The molecule has 0 bridgehead atoms. The molecule has 1 amide bonds. The van der Waals surface area contributed by atoms with Crippen molar-refractivity contribution in [2.75, 3.05) is 18.4 Å². The second-order valence-electron chi connectivity index (χ2n) is 5.86. The molecule has 1 aromatic carbocycles. The van der Waals surface area contributed by atoms with Crippen molar-refractivity contribution in [3.63, 3.8) is 0 Å². The first kappa shape index (κ1) is 18.5. The highest BCUT2D eigenvalue weighted by Crippen LogP contribution is 2.19. The number of non-ortho nitro benzene ring substituents is 1. The molecule has 25 heavy (non-hydrogen) atoms. The van der Waals surface area contributed by atoms with Gasteiger partial charge in [0.25, 0.3) is 5.69 Å². The van der Waals surface area contributed by atoms with Crippen molar-refractivity contribution in [1.29, 1.82) is 0 Å². The van der Waals surface area contributed by atoms with Crippen molar-refractivity contribution in [1.82, 2.24) is 5.32 Å². The summed E-state index contributed by atoms with van der Waals surface area (Å²) in [4.78, 5) is 22.0. The van der Waals surface area contributed by atoms with Crippen LogP contribution in [-0.4, -0.2) is 29.0 Å². The third-order valence-corrected chi connectivity index (χ3v) is 3.67. The predicted octanol–water partition coefficient (Wildman–Crippen LogP) is 2.40. The van der Waals surface area contributed by atoms with Gasteiger partial charge in [0, 0.05) is 30.8 Å². The smallest absolute Gasteiger partial charge is 0.269 e. The summed E-state index contributed by atoms with van der Waals surface area (Å²) in [6.45, 7) is 2.19. The number of benzene rings is 1. The Labute approximate surface area is 145 Å². The molecule has 0 aliphatic heterocycles. The summed E-state index contributed by atoms with van der Waals surface area (Å²) < 4.78 is 5.15. The van der Waals surface area contributed by atoms with E-state index in [1.165, 1.54) is 18.4 Å². The van der Waals surface area contributed by atoms with E-state index in [2.05, 4.69) is 10.6 Å². The highest BCUT2D eigenvalue weighted by atomic mass is 16.6.